The first kappa shape index (κ1) is 18.0. The predicted molar refractivity (Wildman–Crippen MR) is 105 cm³/mol. The second-order valence-corrected chi connectivity index (χ2v) is 8.83. The van der Waals surface area contributed by atoms with E-state index in [0.717, 1.165) is 36.0 Å². The number of furan rings is 1. The van der Waals surface area contributed by atoms with Gasteiger partial charge in [-0.2, -0.15) is 4.31 Å². The highest BCUT2D eigenvalue weighted by atomic mass is 32.2. The number of nitrogens with one attached hydrogen (secondary N) is 1. The number of fused-ring (bicyclic) bond motifs is 1. The maximum Gasteiger partial charge on any atom is 0.244 e. The first-order valence-corrected chi connectivity index (χ1v) is 10.7. The molecule has 6 nitrogen and oxygen atoms in total. The molecule has 4 rings (SSSR count). The van der Waals surface area contributed by atoms with Gasteiger partial charge >= 0.3 is 0 Å². The Morgan fingerprint density at radius 2 is 1.89 bits per heavy atom. The van der Waals surface area contributed by atoms with Gasteiger partial charge in [0.1, 0.15) is 22.1 Å². The quantitative estimate of drug-likeness (QED) is 0.713. The van der Waals surface area contributed by atoms with Crippen molar-refractivity contribution in [1.82, 2.24) is 9.29 Å². The second-order valence-electron chi connectivity index (χ2n) is 6.90. The van der Waals surface area contributed by atoms with Crippen LogP contribution in [-0.4, -0.2) is 30.8 Å². The summed E-state index contributed by atoms with van der Waals surface area (Å²) in [6, 6.07) is 13.1. The molecule has 1 fully saturated rings. The van der Waals surface area contributed by atoms with E-state index in [4.69, 9.17) is 4.42 Å². The van der Waals surface area contributed by atoms with Gasteiger partial charge in [-0.3, -0.25) is 0 Å². The molecule has 1 saturated heterocycles. The molecule has 2 aromatic heterocycles. The van der Waals surface area contributed by atoms with Crippen LogP contribution in [0, 0.1) is 0 Å². The maximum atomic E-state index is 12.7. The van der Waals surface area contributed by atoms with Gasteiger partial charge in [-0.25, -0.2) is 13.4 Å². The van der Waals surface area contributed by atoms with Crippen molar-refractivity contribution in [2.75, 3.05) is 18.4 Å². The van der Waals surface area contributed by atoms with Crippen LogP contribution in [0.15, 0.2) is 58.0 Å². The van der Waals surface area contributed by atoms with Gasteiger partial charge in [0.05, 0.1) is 6.04 Å². The highest BCUT2D eigenvalue weighted by molar-refractivity contribution is 7.89. The minimum atomic E-state index is -3.45. The van der Waals surface area contributed by atoms with Gasteiger partial charge in [-0.15, -0.1) is 0 Å². The molecule has 27 heavy (non-hydrogen) atoms. The van der Waals surface area contributed by atoms with E-state index in [9.17, 15) is 8.42 Å². The second kappa shape index (κ2) is 7.32. The Labute approximate surface area is 159 Å². The molecule has 1 atom stereocenters. The number of hydrogen-bond donors (Lipinski definition) is 1. The van der Waals surface area contributed by atoms with Gasteiger partial charge in [-0.1, -0.05) is 24.6 Å². The fraction of sp³-hybridized carbons (Fsp3) is 0.350. The third kappa shape index (κ3) is 3.70. The van der Waals surface area contributed by atoms with Crippen LogP contribution < -0.4 is 5.32 Å². The number of hydrogen-bond acceptors (Lipinski definition) is 5. The van der Waals surface area contributed by atoms with Crippen molar-refractivity contribution < 1.29 is 12.8 Å². The van der Waals surface area contributed by atoms with Crippen LogP contribution in [0.4, 0.5) is 5.82 Å². The number of para-hydroxylation sites is 1. The number of piperidine rings is 1. The Hall–Kier alpha value is -2.38. The Balaban J connectivity index is 1.48. The summed E-state index contributed by atoms with van der Waals surface area (Å²) >= 11 is 0. The molecule has 1 N–H and O–H groups in total. The summed E-state index contributed by atoms with van der Waals surface area (Å²) in [4.78, 5) is 4.54. The molecular formula is C20H23N3O3S. The largest absolute Gasteiger partial charge is 0.459 e. The van der Waals surface area contributed by atoms with Crippen molar-refractivity contribution >= 4 is 26.8 Å². The molecule has 0 bridgehead atoms. The number of benzene rings is 1. The van der Waals surface area contributed by atoms with Gasteiger partial charge < -0.3 is 9.73 Å². The molecule has 0 saturated carbocycles. The van der Waals surface area contributed by atoms with E-state index in [1.165, 1.54) is 6.20 Å². The van der Waals surface area contributed by atoms with E-state index < -0.39 is 10.0 Å². The minimum Gasteiger partial charge on any atom is -0.459 e. The highest BCUT2D eigenvalue weighted by Crippen LogP contribution is 2.26. The van der Waals surface area contributed by atoms with E-state index in [1.807, 2.05) is 37.3 Å². The zero-order chi connectivity index (χ0) is 18.9. The van der Waals surface area contributed by atoms with E-state index in [0.29, 0.717) is 18.9 Å². The van der Waals surface area contributed by atoms with Crippen molar-refractivity contribution in [3.05, 3.63) is 54.4 Å². The lowest BCUT2D eigenvalue weighted by molar-refractivity contribution is 0.346. The zero-order valence-electron chi connectivity index (χ0n) is 15.3. The summed E-state index contributed by atoms with van der Waals surface area (Å²) in [5, 5.41) is 4.32. The van der Waals surface area contributed by atoms with Crippen LogP contribution in [-0.2, 0) is 10.0 Å². The van der Waals surface area contributed by atoms with Crippen LogP contribution in [0.25, 0.3) is 11.0 Å². The fourth-order valence-corrected chi connectivity index (χ4v) is 4.84. The maximum absolute atomic E-state index is 12.7. The first-order chi connectivity index (χ1) is 13.0. The molecule has 142 valence electrons. The fourth-order valence-electron chi connectivity index (χ4n) is 3.38. The smallest absolute Gasteiger partial charge is 0.244 e. The van der Waals surface area contributed by atoms with Crippen LogP contribution in [0.3, 0.4) is 0 Å². The van der Waals surface area contributed by atoms with E-state index in [-0.39, 0.29) is 10.9 Å². The van der Waals surface area contributed by atoms with Crippen molar-refractivity contribution in [2.45, 2.75) is 37.1 Å². The number of nitrogens with zero attached hydrogens (tertiary/aromatic N) is 2. The highest BCUT2D eigenvalue weighted by Gasteiger charge is 2.26. The summed E-state index contributed by atoms with van der Waals surface area (Å²) < 4.78 is 32.8. The molecule has 0 spiro atoms. The van der Waals surface area contributed by atoms with Gasteiger partial charge in [0.25, 0.3) is 0 Å². The Morgan fingerprint density at radius 3 is 2.59 bits per heavy atom. The summed E-state index contributed by atoms with van der Waals surface area (Å²) in [6.07, 6.45) is 4.35. The van der Waals surface area contributed by atoms with Gasteiger partial charge in [-0.05, 0) is 44.0 Å². The first-order valence-electron chi connectivity index (χ1n) is 9.25. The van der Waals surface area contributed by atoms with E-state index in [1.54, 1.807) is 16.4 Å². The summed E-state index contributed by atoms with van der Waals surface area (Å²) in [7, 11) is -3.45. The minimum absolute atomic E-state index is 0.0885. The lowest BCUT2D eigenvalue weighted by atomic mass is 10.2. The molecule has 1 aromatic carbocycles. The van der Waals surface area contributed by atoms with Gasteiger partial charge in [0.2, 0.25) is 10.0 Å². The average molecular weight is 385 g/mol. The predicted octanol–water partition coefficient (Wildman–Crippen LogP) is 4.18. The SMILES string of the molecule is C[C@@H](Nc1ccc(S(=O)(=O)N2CCCCC2)cn1)c1cc2ccccc2o1. The van der Waals surface area contributed by atoms with Crippen molar-refractivity contribution in [2.24, 2.45) is 0 Å². The summed E-state index contributed by atoms with van der Waals surface area (Å²) in [5.74, 6) is 1.42. The summed E-state index contributed by atoms with van der Waals surface area (Å²) in [5.41, 5.74) is 0.845. The lowest BCUT2D eigenvalue weighted by Gasteiger charge is -2.25. The van der Waals surface area contributed by atoms with Crippen LogP contribution in [0.5, 0.6) is 0 Å². The third-order valence-electron chi connectivity index (χ3n) is 4.92. The molecule has 1 aliphatic rings. The molecule has 0 aliphatic carbocycles. The molecular weight excluding hydrogens is 362 g/mol. The monoisotopic (exact) mass is 385 g/mol. The van der Waals surface area contributed by atoms with Crippen LogP contribution in [0.1, 0.15) is 38.0 Å². The molecule has 1 aliphatic heterocycles. The number of aromatic nitrogens is 1. The standard InChI is InChI=1S/C20H23N3O3S/c1-15(19-13-16-7-3-4-8-18(16)26-19)22-20-10-9-17(14-21-20)27(24,25)23-11-5-2-6-12-23/h3-4,7-10,13-15H,2,5-6,11-12H2,1H3,(H,21,22)/t15-/m1/s1. The van der Waals surface area contributed by atoms with Crippen molar-refractivity contribution in [3.63, 3.8) is 0 Å². The van der Waals surface area contributed by atoms with Crippen LogP contribution in [0.2, 0.25) is 0 Å². The van der Waals surface area contributed by atoms with E-state index >= 15 is 0 Å². The molecule has 3 aromatic rings. The Morgan fingerprint density at radius 1 is 1.11 bits per heavy atom. The Bertz CT molecular complexity index is 989. The molecule has 3 heterocycles. The van der Waals surface area contributed by atoms with Crippen molar-refractivity contribution in [1.29, 1.82) is 0 Å². The Kier molecular flexibility index (Phi) is 4.88. The number of anilines is 1. The molecule has 0 unspecified atom stereocenters. The lowest BCUT2D eigenvalue weighted by Crippen LogP contribution is -2.35. The zero-order valence-corrected chi connectivity index (χ0v) is 16.1. The number of pyridine rings is 1. The van der Waals surface area contributed by atoms with Crippen molar-refractivity contribution in [3.8, 4) is 0 Å². The third-order valence-corrected chi connectivity index (χ3v) is 6.81. The number of rotatable bonds is 5. The van der Waals surface area contributed by atoms with Gasteiger partial charge in [0.15, 0.2) is 0 Å². The normalized spacial score (nSPS) is 17.1. The summed E-state index contributed by atoms with van der Waals surface area (Å²) in [6.45, 7) is 3.16. The average Bonchev–Trinajstić information content (AvgIpc) is 3.13. The molecule has 0 amide bonds. The molecule has 7 heteroatoms. The molecule has 0 radical (unpaired) electrons. The number of sulfonamides is 1. The van der Waals surface area contributed by atoms with E-state index in [2.05, 4.69) is 10.3 Å². The topological polar surface area (TPSA) is 75.4 Å². The van der Waals surface area contributed by atoms with Crippen LogP contribution >= 0.6 is 0 Å². The van der Waals surface area contributed by atoms with Gasteiger partial charge in [0, 0.05) is 24.7 Å².